The number of halogens is 1. The Kier molecular flexibility index (Phi) is 8.14. The molecule has 0 amide bonds. The van der Waals surface area contributed by atoms with Crippen LogP contribution < -0.4 is 0 Å². The largest absolute Gasteiger partial charge is 0.466 e. The van der Waals surface area contributed by atoms with Gasteiger partial charge in [0.15, 0.2) is 0 Å². The normalized spacial score (nSPS) is 16.7. The van der Waals surface area contributed by atoms with E-state index in [2.05, 4.69) is 4.85 Å². The maximum absolute atomic E-state index is 14.6. The Morgan fingerprint density at radius 2 is 1.97 bits per heavy atom. The van der Waals surface area contributed by atoms with Gasteiger partial charge in [0.2, 0.25) is 0 Å². The molecule has 1 aliphatic carbocycles. The van der Waals surface area contributed by atoms with Crippen LogP contribution in [0.2, 0.25) is 0 Å². The van der Waals surface area contributed by atoms with Gasteiger partial charge >= 0.3 is 5.97 Å². The van der Waals surface area contributed by atoms with Gasteiger partial charge in [-0.1, -0.05) is 18.9 Å². The fourth-order valence-electron chi connectivity index (χ4n) is 4.31. The predicted molar refractivity (Wildman–Crippen MR) is 112 cm³/mol. The summed E-state index contributed by atoms with van der Waals surface area (Å²) in [5.41, 5.74) is -1.10. The zero-order valence-corrected chi connectivity index (χ0v) is 18.2. The molecule has 164 valence electrons. The average Bonchev–Trinajstić information content (AvgIpc) is 3.22. The van der Waals surface area contributed by atoms with E-state index in [4.69, 9.17) is 11.3 Å². The Morgan fingerprint density at radius 3 is 2.53 bits per heavy atom. The zero-order chi connectivity index (χ0) is 22.4. The summed E-state index contributed by atoms with van der Waals surface area (Å²) in [5.74, 6) is -1.34. The van der Waals surface area contributed by atoms with E-state index >= 15 is 0 Å². The van der Waals surface area contributed by atoms with E-state index in [1.165, 1.54) is 6.07 Å². The van der Waals surface area contributed by atoms with Crippen LogP contribution in [0.25, 0.3) is 4.85 Å². The highest BCUT2D eigenvalue weighted by molar-refractivity contribution is 5.96. The molecule has 1 aromatic carbocycles. The summed E-state index contributed by atoms with van der Waals surface area (Å²) in [6, 6.07) is 4.82. The van der Waals surface area contributed by atoms with Crippen molar-refractivity contribution in [2.75, 3.05) is 6.61 Å². The van der Waals surface area contributed by atoms with Crippen molar-refractivity contribution in [3.05, 3.63) is 46.6 Å². The van der Waals surface area contributed by atoms with Crippen molar-refractivity contribution in [3.63, 3.8) is 0 Å². The van der Waals surface area contributed by atoms with Gasteiger partial charge in [-0.3, -0.25) is 9.59 Å². The molecule has 1 fully saturated rings. The molecule has 0 radical (unpaired) electrons. The Labute approximate surface area is 178 Å². The van der Waals surface area contributed by atoms with Gasteiger partial charge in [0.05, 0.1) is 17.8 Å². The molecule has 1 aliphatic rings. The van der Waals surface area contributed by atoms with Crippen molar-refractivity contribution in [3.8, 4) is 0 Å². The number of nitrogens with zero attached hydrogens (tertiary/aromatic N) is 1. The Hall–Kier alpha value is -2.26. The quantitative estimate of drug-likeness (QED) is 0.339. The van der Waals surface area contributed by atoms with Gasteiger partial charge in [0.1, 0.15) is 18.0 Å². The number of rotatable bonds is 10. The molecular weight excluding hydrogens is 385 g/mol. The summed E-state index contributed by atoms with van der Waals surface area (Å²) in [7, 11) is 0. The number of hydrogen-bond acceptors (Lipinski definition) is 4. The SMILES string of the molecule is [C-]#[N+]C(C)(C)c1ccc(CC[C@@](O)(CC(=O)CC(=O)OCC)C2CCCC2)cc1F. The molecule has 1 atom stereocenters. The molecule has 0 aliphatic heterocycles. The summed E-state index contributed by atoms with van der Waals surface area (Å²) in [4.78, 5) is 27.5. The standard InChI is InChI=1S/C24H32FNO4/c1-5-30-22(28)15-19(27)16-24(29,18-8-6-7-9-18)13-12-17-10-11-20(21(25)14-17)23(2,3)26-4/h10-11,14,18,29H,5-9,12-13,15-16H2,1-3H3/t24-/m1/s1. The molecule has 30 heavy (non-hydrogen) atoms. The number of carbonyl (C=O) groups is 2. The average molecular weight is 418 g/mol. The van der Waals surface area contributed by atoms with Crippen molar-refractivity contribution >= 4 is 11.8 Å². The lowest BCUT2D eigenvalue weighted by Crippen LogP contribution is -2.40. The molecule has 1 aromatic rings. The fourth-order valence-corrected chi connectivity index (χ4v) is 4.31. The van der Waals surface area contributed by atoms with E-state index in [0.29, 0.717) is 24.0 Å². The van der Waals surface area contributed by atoms with Crippen LogP contribution in [0.4, 0.5) is 4.39 Å². The third-order valence-corrected chi connectivity index (χ3v) is 6.08. The number of Topliss-reactive ketones (excluding diaryl/α,β-unsaturated/α-hetero) is 1. The van der Waals surface area contributed by atoms with Crippen molar-refractivity contribution in [1.82, 2.24) is 0 Å². The molecule has 5 nitrogen and oxygen atoms in total. The maximum Gasteiger partial charge on any atom is 0.313 e. The highest BCUT2D eigenvalue weighted by Crippen LogP contribution is 2.39. The molecular formula is C24H32FNO4. The molecule has 0 spiro atoms. The summed E-state index contributed by atoms with van der Waals surface area (Å²) in [5, 5.41) is 11.4. The molecule has 1 saturated carbocycles. The van der Waals surface area contributed by atoms with Gasteiger partial charge < -0.3 is 14.7 Å². The first-order valence-electron chi connectivity index (χ1n) is 10.7. The molecule has 1 N–H and O–H groups in total. The van der Waals surface area contributed by atoms with Crippen LogP contribution in [0.3, 0.4) is 0 Å². The summed E-state index contributed by atoms with van der Waals surface area (Å²) in [6.07, 6.45) is 4.00. The van der Waals surface area contributed by atoms with Crippen molar-refractivity contribution in [1.29, 1.82) is 0 Å². The summed E-state index contributed by atoms with van der Waals surface area (Å²) >= 11 is 0. The smallest absolute Gasteiger partial charge is 0.313 e. The van der Waals surface area contributed by atoms with Crippen LogP contribution in [0.5, 0.6) is 0 Å². The van der Waals surface area contributed by atoms with E-state index in [9.17, 15) is 19.1 Å². The van der Waals surface area contributed by atoms with Gasteiger partial charge in [0, 0.05) is 20.3 Å². The second-order valence-corrected chi connectivity index (χ2v) is 8.77. The van der Waals surface area contributed by atoms with Crippen LogP contribution in [-0.4, -0.2) is 29.1 Å². The number of carbonyl (C=O) groups excluding carboxylic acids is 2. The Balaban J connectivity index is 2.11. The lowest BCUT2D eigenvalue weighted by atomic mass is 9.77. The van der Waals surface area contributed by atoms with E-state index in [-0.39, 0.29) is 31.1 Å². The van der Waals surface area contributed by atoms with Gasteiger partial charge in [-0.05, 0) is 56.2 Å². The molecule has 0 bridgehead atoms. The second kappa shape index (κ2) is 10.2. The van der Waals surface area contributed by atoms with Crippen LogP contribution in [0.1, 0.15) is 76.8 Å². The number of ketones is 1. The highest BCUT2D eigenvalue weighted by Gasteiger charge is 2.40. The monoisotopic (exact) mass is 417 g/mol. The van der Waals surface area contributed by atoms with Gasteiger partial charge in [-0.2, -0.15) is 0 Å². The van der Waals surface area contributed by atoms with E-state index in [1.54, 1.807) is 32.9 Å². The van der Waals surface area contributed by atoms with E-state index < -0.39 is 22.9 Å². The van der Waals surface area contributed by atoms with Crippen LogP contribution in [0, 0.1) is 18.3 Å². The Morgan fingerprint density at radius 1 is 1.30 bits per heavy atom. The van der Waals surface area contributed by atoms with E-state index in [1.807, 2.05) is 0 Å². The number of esters is 1. The fraction of sp³-hybridized carbons (Fsp3) is 0.625. The molecule has 0 aromatic heterocycles. The first-order chi connectivity index (χ1) is 14.1. The number of aryl methyl sites for hydroxylation is 1. The molecule has 2 rings (SSSR count). The minimum Gasteiger partial charge on any atom is -0.466 e. The van der Waals surface area contributed by atoms with Gasteiger partial charge in [-0.15, -0.1) is 0 Å². The molecule has 0 heterocycles. The third kappa shape index (κ3) is 6.12. The highest BCUT2D eigenvalue weighted by atomic mass is 19.1. The first-order valence-corrected chi connectivity index (χ1v) is 10.7. The lowest BCUT2D eigenvalue weighted by Gasteiger charge is -2.34. The molecule has 6 heteroatoms. The zero-order valence-electron chi connectivity index (χ0n) is 18.2. The molecule has 0 saturated heterocycles. The minimum absolute atomic E-state index is 0.00573. The van der Waals surface area contributed by atoms with E-state index in [0.717, 1.165) is 25.7 Å². The topological polar surface area (TPSA) is 68.0 Å². The third-order valence-electron chi connectivity index (χ3n) is 6.08. The predicted octanol–water partition coefficient (Wildman–Crippen LogP) is 4.75. The minimum atomic E-state index is -1.22. The number of ether oxygens (including phenoxy) is 1. The lowest BCUT2D eigenvalue weighted by molar-refractivity contribution is -0.147. The Bertz CT molecular complexity index is 808. The first kappa shape index (κ1) is 24.0. The van der Waals surface area contributed by atoms with Crippen LogP contribution >= 0.6 is 0 Å². The molecule has 0 unspecified atom stereocenters. The number of benzene rings is 1. The maximum atomic E-state index is 14.6. The second-order valence-electron chi connectivity index (χ2n) is 8.77. The van der Waals surface area contributed by atoms with Gasteiger partial charge in [0.25, 0.3) is 5.54 Å². The van der Waals surface area contributed by atoms with Crippen molar-refractivity contribution in [2.24, 2.45) is 5.92 Å². The summed E-state index contributed by atoms with van der Waals surface area (Å²) < 4.78 is 19.4. The summed E-state index contributed by atoms with van der Waals surface area (Å²) in [6.45, 7) is 12.5. The van der Waals surface area contributed by atoms with Crippen LogP contribution in [-0.2, 0) is 26.3 Å². The van der Waals surface area contributed by atoms with Crippen molar-refractivity contribution in [2.45, 2.75) is 83.3 Å². The van der Waals surface area contributed by atoms with Crippen LogP contribution in [0.15, 0.2) is 18.2 Å². The number of aliphatic hydroxyl groups is 1. The van der Waals surface area contributed by atoms with Crippen molar-refractivity contribution < 1.29 is 23.8 Å². The number of hydrogen-bond donors (Lipinski definition) is 1. The van der Waals surface area contributed by atoms with Gasteiger partial charge in [-0.25, -0.2) is 11.0 Å².